The fourth-order valence-corrected chi connectivity index (χ4v) is 3.76. The van der Waals surface area contributed by atoms with Crippen LogP contribution >= 0.6 is 15.9 Å². The highest BCUT2D eigenvalue weighted by Gasteiger charge is 2.27. The number of ether oxygens (including phenoxy) is 1. The molecule has 1 aliphatic rings. The molecule has 1 N–H and O–H groups in total. The van der Waals surface area contributed by atoms with Crippen molar-refractivity contribution in [3.05, 3.63) is 27.7 Å². The van der Waals surface area contributed by atoms with Gasteiger partial charge in [0.05, 0.1) is 6.61 Å². The van der Waals surface area contributed by atoms with E-state index >= 15 is 0 Å². The van der Waals surface area contributed by atoms with E-state index in [1.807, 2.05) is 7.05 Å². The Bertz CT molecular complexity index is 439. The number of halogens is 1. The predicted octanol–water partition coefficient (Wildman–Crippen LogP) is 3.95. The topological polar surface area (TPSA) is 21.3 Å². The minimum absolute atomic E-state index is 0.296. The van der Waals surface area contributed by atoms with Crippen LogP contribution in [-0.4, -0.2) is 20.2 Å². The van der Waals surface area contributed by atoms with Crippen molar-refractivity contribution in [2.24, 2.45) is 5.41 Å². The molecular formula is C16H24BrNO. The van der Waals surface area contributed by atoms with Gasteiger partial charge in [0.1, 0.15) is 5.75 Å². The van der Waals surface area contributed by atoms with E-state index in [1.165, 1.54) is 28.4 Å². The SMILES string of the molecule is CCCC(C)(CNC)Cc1cc(Br)cc2c1OCC2. The number of rotatable bonds is 6. The van der Waals surface area contributed by atoms with Gasteiger partial charge in [-0.05, 0) is 48.6 Å². The summed E-state index contributed by atoms with van der Waals surface area (Å²) in [5, 5.41) is 3.34. The molecule has 3 heteroatoms. The van der Waals surface area contributed by atoms with Gasteiger partial charge < -0.3 is 10.1 Å². The molecule has 0 saturated carbocycles. The van der Waals surface area contributed by atoms with Gasteiger partial charge in [-0.3, -0.25) is 0 Å². The molecule has 1 heterocycles. The molecule has 19 heavy (non-hydrogen) atoms. The van der Waals surface area contributed by atoms with Crippen molar-refractivity contribution in [1.82, 2.24) is 5.32 Å². The van der Waals surface area contributed by atoms with E-state index in [4.69, 9.17) is 4.74 Å². The summed E-state index contributed by atoms with van der Waals surface area (Å²) in [5.74, 6) is 1.14. The zero-order valence-corrected chi connectivity index (χ0v) is 13.8. The highest BCUT2D eigenvalue weighted by Crippen LogP contribution is 2.38. The average Bonchev–Trinajstić information content (AvgIpc) is 2.77. The minimum Gasteiger partial charge on any atom is -0.493 e. The molecule has 1 atom stereocenters. The van der Waals surface area contributed by atoms with Crippen molar-refractivity contribution < 1.29 is 4.74 Å². The Hall–Kier alpha value is -0.540. The molecule has 1 aromatic rings. The first-order valence-electron chi connectivity index (χ1n) is 7.16. The van der Waals surface area contributed by atoms with Crippen LogP contribution in [0.4, 0.5) is 0 Å². The van der Waals surface area contributed by atoms with E-state index in [0.29, 0.717) is 5.41 Å². The normalized spacial score (nSPS) is 16.8. The van der Waals surface area contributed by atoms with Crippen molar-refractivity contribution in [1.29, 1.82) is 0 Å². The zero-order valence-electron chi connectivity index (χ0n) is 12.2. The molecule has 0 saturated heterocycles. The van der Waals surface area contributed by atoms with Gasteiger partial charge in [0.25, 0.3) is 0 Å². The summed E-state index contributed by atoms with van der Waals surface area (Å²) < 4.78 is 7.02. The van der Waals surface area contributed by atoms with Gasteiger partial charge in [-0.25, -0.2) is 0 Å². The van der Waals surface area contributed by atoms with E-state index in [-0.39, 0.29) is 0 Å². The second-order valence-electron chi connectivity index (χ2n) is 5.92. The van der Waals surface area contributed by atoms with Gasteiger partial charge in [-0.2, -0.15) is 0 Å². The molecule has 0 fully saturated rings. The van der Waals surface area contributed by atoms with Gasteiger partial charge in [0.15, 0.2) is 0 Å². The lowest BCUT2D eigenvalue weighted by atomic mass is 9.79. The largest absolute Gasteiger partial charge is 0.493 e. The molecule has 0 aliphatic carbocycles. The summed E-state index contributed by atoms with van der Waals surface area (Å²) in [4.78, 5) is 0. The predicted molar refractivity (Wildman–Crippen MR) is 84.0 cm³/mol. The fraction of sp³-hybridized carbons (Fsp3) is 0.625. The molecule has 2 nitrogen and oxygen atoms in total. The number of fused-ring (bicyclic) bond motifs is 1. The molecule has 0 bridgehead atoms. The Labute approximate surface area is 125 Å². The van der Waals surface area contributed by atoms with E-state index in [0.717, 1.165) is 31.7 Å². The first-order chi connectivity index (χ1) is 9.08. The molecule has 0 spiro atoms. The lowest BCUT2D eigenvalue weighted by molar-refractivity contribution is 0.276. The molecule has 0 aromatic heterocycles. The quantitative estimate of drug-likeness (QED) is 0.855. The maximum Gasteiger partial charge on any atom is 0.125 e. The summed E-state index contributed by atoms with van der Waals surface area (Å²) in [7, 11) is 2.04. The molecule has 106 valence electrons. The highest BCUT2D eigenvalue weighted by molar-refractivity contribution is 9.10. The number of nitrogens with one attached hydrogen (secondary N) is 1. The van der Waals surface area contributed by atoms with E-state index in [1.54, 1.807) is 0 Å². The lowest BCUT2D eigenvalue weighted by Crippen LogP contribution is -2.31. The maximum absolute atomic E-state index is 5.85. The second-order valence-corrected chi connectivity index (χ2v) is 6.84. The van der Waals surface area contributed by atoms with Gasteiger partial charge in [-0.15, -0.1) is 0 Å². The van der Waals surface area contributed by atoms with Gasteiger partial charge in [0.2, 0.25) is 0 Å². The van der Waals surface area contributed by atoms with Crippen molar-refractivity contribution in [2.75, 3.05) is 20.2 Å². The van der Waals surface area contributed by atoms with Gasteiger partial charge in [0, 0.05) is 17.4 Å². The maximum atomic E-state index is 5.85. The van der Waals surface area contributed by atoms with Crippen LogP contribution in [0.5, 0.6) is 5.75 Å². The first kappa shape index (κ1) is 14.9. The van der Waals surface area contributed by atoms with Crippen LogP contribution in [0, 0.1) is 5.41 Å². The monoisotopic (exact) mass is 325 g/mol. The van der Waals surface area contributed by atoms with Crippen LogP contribution < -0.4 is 10.1 Å². The van der Waals surface area contributed by atoms with E-state index < -0.39 is 0 Å². The summed E-state index contributed by atoms with van der Waals surface area (Å²) in [6.45, 7) is 6.50. The summed E-state index contributed by atoms with van der Waals surface area (Å²) in [6.07, 6.45) is 4.56. The van der Waals surface area contributed by atoms with Crippen LogP contribution in [0.3, 0.4) is 0 Å². The standard InChI is InChI=1S/C16H24BrNO/c1-4-6-16(2,11-18-3)10-13-9-14(17)8-12-5-7-19-15(12)13/h8-9,18H,4-7,10-11H2,1-3H3. The van der Waals surface area contributed by atoms with Crippen molar-refractivity contribution >= 4 is 15.9 Å². The third-order valence-electron chi connectivity index (χ3n) is 3.90. The van der Waals surface area contributed by atoms with Crippen molar-refractivity contribution in [2.45, 2.75) is 39.5 Å². The van der Waals surface area contributed by atoms with Crippen LogP contribution in [0.25, 0.3) is 0 Å². The van der Waals surface area contributed by atoms with Crippen LogP contribution in [0.2, 0.25) is 0 Å². The number of hydrogen-bond donors (Lipinski definition) is 1. The molecule has 0 radical (unpaired) electrons. The number of benzene rings is 1. The molecule has 1 aromatic carbocycles. The van der Waals surface area contributed by atoms with Crippen molar-refractivity contribution in [3.8, 4) is 5.75 Å². The van der Waals surface area contributed by atoms with E-state index in [9.17, 15) is 0 Å². The average molecular weight is 326 g/mol. The first-order valence-corrected chi connectivity index (χ1v) is 7.96. The molecule has 0 amide bonds. The Morgan fingerprint density at radius 3 is 2.89 bits per heavy atom. The second kappa shape index (κ2) is 6.27. The van der Waals surface area contributed by atoms with Crippen molar-refractivity contribution in [3.63, 3.8) is 0 Å². The Balaban J connectivity index is 2.26. The zero-order chi connectivity index (χ0) is 13.9. The summed E-state index contributed by atoms with van der Waals surface area (Å²) >= 11 is 3.63. The minimum atomic E-state index is 0.296. The summed E-state index contributed by atoms with van der Waals surface area (Å²) in [6, 6.07) is 4.43. The highest BCUT2D eigenvalue weighted by atomic mass is 79.9. The Morgan fingerprint density at radius 1 is 1.42 bits per heavy atom. The number of hydrogen-bond acceptors (Lipinski definition) is 2. The third-order valence-corrected chi connectivity index (χ3v) is 4.36. The molecule has 1 aliphatic heterocycles. The van der Waals surface area contributed by atoms with Gasteiger partial charge in [-0.1, -0.05) is 36.2 Å². The van der Waals surface area contributed by atoms with Crippen LogP contribution in [-0.2, 0) is 12.8 Å². The molecule has 1 unspecified atom stereocenters. The van der Waals surface area contributed by atoms with E-state index in [2.05, 4.69) is 47.2 Å². The summed E-state index contributed by atoms with van der Waals surface area (Å²) in [5.41, 5.74) is 3.00. The fourth-order valence-electron chi connectivity index (χ4n) is 3.21. The van der Waals surface area contributed by atoms with Gasteiger partial charge >= 0.3 is 0 Å². The molecular weight excluding hydrogens is 302 g/mol. The Morgan fingerprint density at radius 2 is 2.21 bits per heavy atom. The lowest BCUT2D eigenvalue weighted by Gasteiger charge is -2.30. The smallest absolute Gasteiger partial charge is 0.125 e. The Kier molecular flexibility index (Phi) is 4.91. The van der Waals surface area contributed by atoms with Crippen LogP contribution in [0.15, 0.2) is 16.6 Å². The molecule has 2 rings (SSSR count). The van der Waals surface area contributed by atoms with Crippen LogP contribution in [0.1, 0.15) is 37.8 Å². The third kappa shape index (κ3) is 3.51.